The van der Waals surface area contributed by atoms with Crippen molar-refractivity contribution >= 4 is 21.6 Å². The molecule has 1 N–H and O–H groups in total. The maximum absolute atomic E-state index is 12.8. The number of nitrogens with zero attached hydrogens (tertiary/aromatic N) is 1. The lowest BCUT2D eigenvalue weighted by atomic mass is 10.1. The smallest absolute Gasteiger partial charge is 0.264 e. The number of hydrogen-bond donors (Lipinski definition) is 1. The van der Waals surface area contributed by atoms with E-state index in [4.69, 9.17) is 0 Å². The third kappa shape index (κ3) is 4.20. The maximum Gasteiger partial charge on any atom is 0.264 e. The normalized spacial score (nSPS) is 12.5. The molecule has 1 atom stereocenters. The molecule has 0 radical (unpaired) electrons. The van der Waals surface area contributed by atoms with Gasteiger partial charge >= 0.3 is 0 Å². The molecule has 0 aromatic heterocycles. The summed E-state index contributed by atoms with van der Waals surface area (Å²) in [5.41, 5.74) is 1.71. The summed E-state index contributed by atoms with van der Waals surface area (Å²) in [5.74, 6) is -0.207. The number of carbonyl (C=O) groups excluding carboxylic acids is 1. The van der Waals surface area contributed by atoms with Crippen LogP contribution in [0.5, 0.6) is 0 Å². The van der Waals surface area contributed by atoms with Crippen molar-refractivity contribution in [3.8, 4) is 0 Å². The number of anilines is 1. The van der Waals surface area contributed by atoms with Gasteiger partial charge in [0.25, 0.3) is 15.9 Å². The first kappa shape index (κ1) is 19.0. The van der Waals surface area contributed by atoms with Gasteiger partial charge in [-0.3, -0.25) is 9.10 Å². The zero-order chi connectivity index (χ0) is 18.6. The standard InChI is InChI=1S/C19H24N2O3S/c1-5-15(3)20-19(22)16-12-11-14(2)18(13-16)21(4)25(23,24)17-9-7-6-8-10-17/h6-13,15H,5H2,1-4H3,(H,20,22)/t15-/m1/s1. The summed E-state index contributed by atoms with van der Waals surface area (Å²) in [5, 5.41) is 2.89. The molecule has 134 valence electrons. The average molecular weight is 360 g/mol. The number of sulfonamides is 1. The molecular formula is C19H24N2O3S. The highest BCUT2D eigenvalue weighted by Crippen LogP contribution is 2.26. The van der Waals surface area contributed by atoms with Gasteiger partial charge < -0.3 is 5.32 Å². The van der Waals surface area contributed by atoms with Crippen LogP contribution in [0.2, 0.25) is 0 Å². The Morgan fingerprint density at radius 2 is 1.80 bits per heavy atom. The van der Waals surface area contributed by atoms with Crippen LogP contribution < -0.4 is 9.62 Å². The van der Waals surface area contributed by atoms with Gasteiger partial charge in [-0.1, -0.05) is 31.2 Å². The van der Waals surface area contributed by atoms with Gasteiger partial charge in [0.15, 0.2) is 0 Å². The molecular weight excluding hydrogens is 336 g/mol. The van der Waals surface area contributed by atoms with Crippen LogP contribution >= 0.6 is 0 Å². The molecule has 0 aliphatic heterocycles. The molecule has 0 aliphatic rings. The van der Waals surface area contributed by atoms with Crippen LogP contribution in [-0.2, 0) is 10.0 Å². The van der Waals surface area contributed by atoms with Crippen LogP contribution in [0.25, 0.3) is 0 Å². The van der Waals surface area contributed by atoms with E-state index in [0.717, 1.165) is 12.0 Å². The fourth-order valence-electron chi connectivity index (χ4n) is 2.38. The Bertz CT molecular complexity index is 848. The average Bonchev–Trinajstić information content (AvgIpc) is 2.62. The van der Waals surface area contributed by atoms with Crippen molar-refractivity contribution in [3.63, 3.8) is 0 Å². The van der Waals surface area contributed by atoms with E-state index in [9.17, 15) is 13.2 Å². The molecule has 0 spiro atoms. The van der Waals surface area contributed by atoms with Gasteiger partial charge in [-0.15, -0.1) is 0 Å². The Hall–Kier alpha value is -2.34. The summed E-state index contributed by atoms with van der Waals surface area (Å²) >= 11 is 0. The van der Waals surface area contributed by atoms with Gasteiger partial charge in [0.2, 0.25) is 0 Å². The van der Waals surface area contributed by atoms with E-state index in [0.29, 0.717) is 11.3 Å². The Kier molecular flexibility index (Phi) is 5.85. The molecule has 0 saturated heterocycles. The summed E-state index contributed by atoms with van der Waals surface area (Å²) < 4.78 is 26.9. The molecule has 0 aliphatic carbocycles. The van der Waals surface area contributed by atoms with Crippen LogP contribution in [0, 0.1) is 6.92 Å². The molecule has 2 rings (SSSR count). The fraction of sp³-hybridized carbons (Fsp3) is 0.316. The summed E-state index contributed by atoms with van der Waals surface area (Å²) in [7, 11) is -2.18. The SMILES string of the molecule is CC[C@@H](C)NC(=O)c1ccc(C)c(N(C)S(=O)(=O)c2ccccc2)c1. The molecule has 0 saturated carbocycles. The van der Waals surface area contributed by atoms with Crippen LogP contribution in [0.4, 0.5) is 5.69 Å². The Labute approximate surface area is 149 Å². The second kappa shape index (κ2) is 7.70. The van der Waals surface area contributed by atoms with Gasteiger partial charge in [0, 0.05) is 18.7 Å². The molecule has 25 heavy (non-hydrogen) atoms. The lowest BCUT2D eigenvalue weighted by Gasteiger charge is -2.22. The molecule has 0 heterocycles. The maximum atomic E-state index is 12.8. The van der Waals surface area contributed by atoms with Crippen molar-refractivity contribution in [2.75, 3.05) is 11.4 Å². The van der Waals surface area contributed by atoms with Crippen molar-refractivity contribution in [3.05, 3.63) is 59.7 Å². The van der Waals surface area contributed by atoms with Gasteiger partial charge in [-0.25, -0.2) is 8.42 Å². The second-order valence-corrected chi connectivity index (χ2v) is 8.04. The predicted octanol–water partition coefficient (Wildman–Crippen LogP) is 3.35. The molecule has 6 heteroatoms. The lowest BCUT2D eigenvalue weighted by Crippen LogP contribution is -2.32. The zero-order valence-electron chi connectivity index (χ0n) is 15.0. The topological polar surface area (TPSA) is 66.5 Å². The minimum atomic E-state index is -3.68. The molecule has 0 fully saturated rings. The van der Waals surface area contributed by atoms with Gasteiger partial charge in [-0.05, 0) is 50.1 Å². The summed E-state index contributed by atoms with van der Waals surface area (Å²) in [6, 6.07) is 13.4. The van der Waals surface area contributed by atoms with Crippen molar-refractivity contribution in [1.29, 1.82) is 0 Å². The highest BCUT2D eigenvalue weighted by atomic mass is 32.2. The lowest BCUT2D eigenvalue weighted by molar-refractivity contribution is 0.0939. The van der Waals surface area contributed by atoms with Crippen molar-refractivity contribution in [1.82, 2.24) is 5.32 Å². The van der Waals surface area contributed by atoms with Crippen LogP contribution in [0.1, 0.15) is 36.2 Å². The summed E-state index contributed by atoms with van der Waals surface area (Å²) in [6.07, 6.45) is 0.826. The minimum Gasteiger partial charge on any atom is -0.350 e. The molecule has 2 aromatic carbocycles. The fourth-order valence-corrected chi connectivity index (χ4v) is 3.65. The van der Waals surface area contributed by atoms with Crippen molar-refractivity contribution in [2.24, 2.45) is 0 Å². The third-order valence-electron chi connectivity index (χ3n) is 4.20. The van der Waals surface area contributed by atoms with Gasteiger partial charge in [0.1, 0.15) is 0 Å². The molecule has 0 bridgehead atoms. The van der Waals surface area contributed by atoms with E-state index >= 15 is 0 Å². The molecule has 5 nitrogen and oxygen atoms in total. The van der Waals surface area contributed by atoms with Crippen molar-refractivity contribution < 1.29 is 13.2 Å². The quantitative estimate of drug-likeness (QED) is 0.859. The largest absolute Gasteiger partial charge is 0.350 e. The number of benzene rings is 2. The number of amides is 1. The van der Waals surface area contributed by atoms with Crippen molar-refractivity contribution in [2.45, 2.75) is 38.1 Å². The van der Waals surface area contributed by atoms with E-state index in [1.54, 1.807) is 48.5 Å². The Balaban J connectivity index is 2.38. The van der Waals surface area contributed by atoms with E-state index in [1.807, 2.05) is 20.8 Å². The number of nitrogens with one attached hydrogen (secondary N) is 1. The third-order valence-corrected chi connectivity index (χ3v) is 5.99. The highest BCUT2D eigenvalue weighted by Gasteiger charge is 2.23. The van der Waals surface area contributed by atoms with Gasteiger partial charge in [-0.2, -0.15) is 0 Å². The summed E-state index contributed by atoms with van der Waals surface area (Å²) in [4.78, 5) is 12.6. The molecule has 2 aromatic rings. The number of hydrogen-bond acceptors (Lipinski definition) is 3. The number of rotatable bonds is 6. The van der Waals surface area contributed by atoms with Crippen LogP contribution in [0.15, 0.2) is 53.4 Å². The van der Waals surface area contributed by atoms with E-state index in [-0.39, 0.29) is 16.8 Å². The van der Waals surface area contributed by atoms with E-state index < -0.39 is 10.0 Å². The number of carbonyl (C=O) groups is 1. The monoisotopic (exact) mass is 360 g/mol. The zero-order valence-corrected chi connectivity index (χ0v) is 15.8. The Morgan fingerprint density at radius 1 is 1.16 bits per heavy atom. The first-order chi connectivity index (χ1) is 11.8. The first-order valence-corrected chi connectivity index (χ1v) is 9.67. The minimum absolute atomic E-state index is 0.0584. The van der Waals surface area contributed by atoms with Crippen LogP contribution in [-0.4, -0.2) is 27.4 Å². The second-order valence-electron chi connectivity index (χ2n) is 6.07. The van der Waals surface area contributed by atoms with E-state index in [1.165, 1.54) is 11.4 Å². The summed E-state index contributed by atoms with van der Waals surface area (Å²) in [6.45, 7) is 5.74. The Morgan fingerprint density at radius 3 is 2.40 bits per heavy atom. The van der Waals surface area contributed by atoms with Crippen LogP contribution in [0.3, 0.4) is 0 Å². The van der Waals surface area contributed by atoms with Gasteiger partial charge in [0.05, 0.1) is 10.6 Å². The number of aryl methyl sites for hydroxylation is 1. The van der Waals surface area contributed by atoms with E-state index in [2.05, 4.69) is 5.32 Å². The predicted molar refractivity (Wildman–Crippen MR) is 100 cm³/mol. The first-order valence-electron chi connectivity index (χ1n) is 8.23. The molecule has 1 amide bonds. The molecule has 0 unspecified atom stereocenters. The highest BCUT2D eigenvalue weighted by molar-refractivity contribution is 7.92.